The smallest absolute Gasteiger partial charge is 0.387 e. The van der Waals surface area contributed by atoms with E-state index in [-0.39, 0.29) is 23.1 Å². The second kappa shape index (κ2) is 6.35. The van der Waals surface area contributed by atoms with E-state index in [0.717, 1.165) is 0 Å². The third-order valence-corrected chi connectivity index (χ3v) is 4.40. The molecule has 1 aliphatic carbocycles. The van der Waals surface area contributed by atoms with Gasteiger partial charge < -0.3 is 20.3 Å². The molecule has 6 nitrogen and oxygen atoms in total. The number of carbonyl (C=O) groups is 2. The number of ether oxygens (including phenoxy) is 1. The van der Waals surface area contributed by atoms with E-state index in [1.807, 2.05) is 0 Å². The first-order valence-electron chi connectivity index (χ1n) is 7.82. The highest BCUT2D eigenvalue weighted by Crippen LogP contribution is 2.34. The number of hydrogen-bond donors (Lipinski definition) is 1. The molecule has 2 amide bonds. The Morgan fingerprint density at radius 1 is 1.08 bits per heavy atom. The van der Waals surface area contributed by atoms with Crippen molar-refractivity contribution in [3.63, 3.8) is 0 Å². The summed E-state index contributed by atoms with van der Waals surface area (Å²) in [6.45, 7) is -1.54. The van der Waals surface area contributed by atoms with Crippen molar-refractivity contribution in [1.29, 1.82) is 0 Å². The molecule has 1 saturated carbocycles. The molecular weight excluding hydrogens is 320 g/mol. The van der Waals surface area contributed by atoms with E-state index in [1.165, 1.54) is 23.1 Å². The maximum absolute atomic E-state index is 12.6. The molecule has 0 atom stereocenters. The third kappa shape index (κ3) is 3.33. The number of carbonyl (C=O) groups excluding carboxylic acids is 2. The lowest BCUT2D eigenvalue weighted by atomic mass is 10.1. The first kappa shape index (κ1) is 16.6. The van der Waals surface area contributed by atoms with Crippen LogP contribution in [0.3, 0.4) is 0 Å². The zero-order valence-corrected chi connectivity index (χ0v) is 13.1. The van der Waals surface area contributed by atoms with Crippen LogP contribution in [0.4, 0.5) is 8.78 Å². The Bertz CT molecular complexity index is 641. The SMILES string of the molecule is NC1(C(=O)N2CCN(C(=O)c3ccccc3OC(F)F)CC2)CC1. The predicted molar refractivity (Wildman–Crippen MR) is 81.7 cm³/mol. The van der Waals surface area contributed by atoms with Gasteiger partial charge in [-0.3, -0.25) is 9.59 Å². The third-order valence-electron chi connectivity index (χ3n) is 4.40. The fourth-order valence-electron chi connectivity index (χ4n) is 2.79. The molecule has 3 rings (SSSR count). The molecule has 1 aromatic rings. The number of hydrogen-bond acceptors (Lipinski definition) is 4. The summed E-state index contributed by atoms with van der Waals surface area (Å²) in [5.74, 6) is -0.599. The number of alkyl halides is 2. The molecular formula is C16H19F2N3O3. The zero-order valence-electron chi connectivity index (χ0n) is 13.1. The van der Waals surface area contributed by atoms with Gasteiger partial charge in [0, 0.05) is 26.2 Å². The van der Waals surface area contributed by atoms with E-state index >= 15 is 0 Å². The molecule has 130 valence electrons. The van der Waals surface area contributed by atoms with E-state index < -0.39 is 12.2 Å². The van der Waals surface area contributed by atoms with Crippen molar-refractivity contribution in [1.82, 2.24) is 9.80 Å². The van der Waals surface area contributed by atoms with E-state index in [1.54, 1.807) is 11.0 Å². The largest absolute Gasteiger partial charge is 0.434 e. The minimum Gasteiger partial charge on any atom is -0.434 e. The minimum absolute atomic E-state index is 0.0731. The summed E-state index contributed by atoms with van der Waals surface area (Å²) in [6.07, 6.45) is 1.40. The van der Waals surface area contributed by atoms with Crippen molar-refractivity contribution in [3.8, 4) is 5.75 Å². The summed E-state index contributed by atoms with van der Waals surface area (Å²) >= 11 is 0. The zero-order chi connectivity index (χ0) is 17.3. The van der Waals surface area contributed by atoms with Crippen molar-refractivity contribution in [2.45, 2.75) is 25.0 Å². The van der Waals surface area contributed by atoms with Crippen molar-refractivity contribution in [3.05, 3.63) is 29.8 Å². The van der Waals surface area contributed by atoms with Gasteiger partial charge in [0.25, 0.3) is 5.91 Å². The molecule has 1 aliphatic heterocycles. The Labute approximate surface area is 138 Å². The summed E-state index contributed by atoms with van der Waals surface area (Å²) in [4.78, 5) is 28.0. The van der Waals surface area contributed by atoms with Crippen LogP contribution in [0.2, 0.25) is 0 Å². The van der Waals surface area contributed by atoms with E-state index in [2.05, 4.69) is 4.74 Å². The predicted octanol–water partition coefficient (Wildman–Crippen LogP) is 1.06. The first-order chi connectivity index (χ1) is 11.4. The molecule has 1 heterocycles. The highest BCUT2D eigenvalue weighted by atomic mass is 19.3. The number of nitrogens with zero attached hydrogens (tertiary/aromatic N) is 2. The van der Waals surface area contributed by atoms with E-state index in [4.69, 9.17) is 5.73 Å². The van der Waals surface area contributed by atoms with Crippen molar-refractivity contribution in [2.75, 3.05) is 26.2 Å². The molecule has 0 bridgehead atoms. The molecule has 0 spiro atoms. The van der Waals surface area contributed by atoms with Gasteiger partial charge >= 0.3 is 6.61 Å². The molecule has 2 fully saturated rings. The molecule has 0 aromatic heterocycles. The Hall–Kier alpha value is -2.22. The summed E-state index contributed by atoms with van der Waals surface area (Å²) < 4.78 is 29.3. The van der Waals surface area contributed by atoms with Gasteiger partial charge in [-0.25, -0.2) is 0 Å². The van der Waals surface area contributed by atoms with E-state index in [0.29, 0.717) is 39.0 Å². The van der Waals surface area contributed by atoms with Gasteiger partial charge in [-0.1, -0.05) is 12.1 Å². The summed E-state index contributed by atoms with van der Waals surface area (Å²) in [5, 5.41) is 0. The molecule has 1 saturated heterocycles. The highest BCUT2D eigenvalue weighted by Gasteiger charge is 2.48. The van der Waals surface area contributed by atoms with E-state index in [9.17, 15) is 18.4 Å². The molecule has 0 radical (unpaired) electrons. The van der Waals surface area contributed by atoms with Gasteiger partial charge in [-0.05, 0) is 25.0 Å². The lowest BCUT2D eigenvalue weighted by Gasteiger charge is -2.36. The van der Waals surface area contributed by atoms with Crippen LogP contribution in [0.1, 0.15) is 23.2 Å². The Morgan fingerprint density at radius 3 is 2.25 bits per heavy atom. The number of piperazine rings is 1. The number of para-hydroxylation sites is 1. The number of halogens is 2. The van der Waals surface area contributed by atoms with Gasteiger partial charge in [-0.15, -0.1) is 0 Å². The first-order valence-corrected chi connectivity index (χ1v) is 7.82. The summed E-state index contributed by atoms with van der Waals surface area (Å²) in [6, 6.07) is 5.92. The van der Waals surface area contributed by atoms with Gasteiger partial charge in [0.1, 0.15) is 5.75 Å². The monoisotopic (exact) mass is 339 g/mol. The van der Waals surface area contributed by atoms with Crippen LogP contribution in [-0.2, 0) is 4.79 Å². The van der Waals surface area contributed by atoms with Gasteiger partial charge in [0.05, 0.1) is 11.1 Å². The second-order valence-corrected chi connectivity index (χ2v) is 6.12. The van der Waals surface area contributed by atoms with Crippen LogP contribution < -0.4 is 10.5 Å². The van der Waals surface area contributed by atoms with Crippen LogP contribution in [-0.4, -0.2) is 59.9 Å². The van der Waals surface area contributed by atoms with Crippen LogP contribution in [0.25, 0.3) is 0 Å². The fourth-order valence-corrected chi connectivity index (χ4v) is 2.79. The van der Waals surface area contributed by atoms with Gasteiger partial charge in [-0.2, -0.15) is 8.78 Å². The lowest BCUT2D eigenvalue weighted by molar-refractivity contribution is -0.135. The molecule has 24 heavy (non-hydrogen) atoms. The standard InChI is InChI=1S/C16H19F2N3O3/c17-15(18)24-12-4-2-1-3-11(12)13(22)20-7-9-21(10-8-20)14(23)16(19)5-6-16/h1-4,15H,5-10,19H2. The number of amides is 2. The fraction of sp³-hybridized carbons (Fsp3) is 0.500. The van der Waals surface area contributed by atoms with Crippen LogP contribution in [0.5, 0.6) is 5.75 Å². The summed E-state index contributed by atoms with van der Waals surface area (Å²) in [7, 11) is 0. The average Bonchev–Trinajstić information content (AvgIpc) is 3.32. The second-order valence-electron chi connectivity index (χ2n) is 6.12. The average molecular weight is 339 g/mol. The molecule has 0 unspecified atom stereocenters. The van der Waals surface area contributed by atoms with Crippen molar-refractivity contribution in [2.24, 2.45) is 5.73 Å². The maximum atomic E-state index is 12.6. The molecule has 2 aliphatic rings. The Morgan fingerprint density at radius 2 is 1.67 bits per heavy atom. The lowest BCUT2D eigenvalue weighted by Crippen LogP contribution is -2.55. The van der Waals surface area contributed by atoms with Crippen LogP contribution in [0.15, 0.2) is 24.3 Å². The molecule has 8 heteroatoms. The topological polar surface area (TPSA) is 75.9 Å². The van der Waals surface area contributed by atoms with Crippen molar-refractivity contribution < 1.29 is 23.1 Å². The minimum atomic E-state index is -2.99. The van der Waals surface area contributed by atoms with Crippen molar-refractivity contribution >= 4 is 11.8 Å². The maximum Gasteiger partial charge on any atom is 0.387 e. The quantitative estimate of drug-likeness (QED) is 0.890. The summed E-state index contributed by atoms with van der Waals surface area (Å²) in [5.41, 5.74) is 5.29. The highest BCUT2D eigenvalue weighted by molar-refractivity contribution is 5.97. The van der Waals surface area contributed by atoms with Crippen LogP contribution >= 0.6 is 0 Å². The normalized spacial score (nSPS) is 19.3. The van der Waals surface area contributed by atoms with Gasteiger partial charge in [0.2, 0.25) is 5.91 Å². The van der Waals surface area contributed by atoms with Crippen LogP contribution in [0, 0.1) is 0 Å². The Balaban J connectivity index is 1.64. The van der Waals surface area contributed by atoms with Gasteiger partial charge in [0.15, 0.2) is 0 Å². The molecule has 1 aromatic carbocycles. The Kier molecular flexibility index (Phi) is 4.40. The number of nitrogens with two attached hydrogens (primary N) is 1. The number of rotatable bonds is 4. The molecule has 2 N–H and O–H groups in total. The number of benzene rings is 1.